The van der Waals surface area contributed by atoms with Crippen molar-refractivity contribution in [3.63, 3.8) is 0 Å². The predicted octanol–water partition coefficient (Wildman–Crippen LogP) is 2.58. The molecule has 0 aromatic carbocycles. The first-order chi connectivity index (χ1) is 15.5. The van der Waals surface area contributed by atoms with Crippen LogP contribution in [0.2, 0.25) is 0 Å². The zero-order chi connectivity index (χ0) is 21.9. The third kappa shape index (κ3) is 3.20. The first-order valence-corrected chi connectivity index (χ1v) is 11.6. The third-order valence-corrected chi connectivity index (χ3v) is 7.62. The summed E-state index contributed by atoms with van der Waals surface area (Å²) in [6.45, 7) is 0.987. The molecule has 2 unspecified atom stereocenters. The first-order valence-electron chi connectivity index (χ1n) is 11.6. The lowest BCUT2D eigenvalue weighted by atomic mass is 9.97. The second-order valence-corrected chi connectivity index (χ2v) is 9.73. The number of aryl methyl sites for hydroxylation is 1. The van der Waals surface area contributed by atoms with E-state index in [2.05, 4.69) is 39.4 Å². The monoisotopic (exact) mass is 433 g/mol. The molecule has 4 bridgehead atoms. The lowest BCUT2D eigenvalue weighted by molar-refractivity contribution is 0.0940. The fourth-order valence-electron chi connectivity index (χ4n) is 5.69. The van der Waals surface area contributed by atoms with Crippen molar-refractivity contribution in [1.29, 1.82) is 0 Å². The van der Waals surface area contributed by atoms with E-state index in [1.54, 1.807) is 4.68 Å². The van der Waals surface area contributed by atoms with Crippen molar-refractivity contribution in [2.75, 3.05) is 6.54 Å². The minimum atomic E-state index is -0.717. The van der Waals surface area contributed by atoms with Gasteiger partial charge in [-0.15, -0.1) is 0 Å². The Balaban J connectivity index is 1.50. The number of hydrogen-bond acceptors (Lipinski definition) is 5. The topological polar surface area (TPSA) is 102 Å². The number of amides is 1. The molecule has 2 N–H and O–H groups in total. The van der Waals surface area contributed by atoms with Crippen LogP contribution in [0.15, 0.2) is 35.4 Å². The number of nitrogens with zero attached hydrogens (tertiary/aromatic N) is 4. The Kier molecular flexibility index (Phi) is 4.38. The summed E-state index contributed by atoms with van der Waals surface area (Å²) >= 11 is 0. The van der Waals surface area contributed by atoms with Crippen LogP contribution in [0.5, 0.6) is 5.75 Å². The molecule has 3 aromatic heterocycles. The largest absolute Gasteiger partial charge is 0.503 e. The molecule has 3 aliphatic rings. The molecule has 1 spiro atoms. The van der Waals surface area contributed by atoms with Crippen molar-refractivity contribution in [3.8, 4) is 5.75 Å². The van der Waals surface area contributed by atoms with Gasteiger partial charge in [-0.1, -0.05) is 12.8 Å². The summed E-state index contributed by atoms with van der Waals surface area (Å²) in [5.74, 6) is 0.0257. The van der Waals surface area contributed by atoms with Crippen LogP contribution in [0.25, 0.3) is 11.0 Å². The minimum absolute atomic E-state index is 0.236. The van der Waals surface area contributed by atoms with E-state index in [1.165, 1.54) is 6.20 Å². The molecule has 2 saturated carbocycles. The molecular formula is C24H27N5O3. The minimum Gasteiger partial charge on any atom is -0.503 e. The number of hydrogen-bond donors (Lipinski definition) is 2. The third-order valence-electron chi connectivity index (χ3n) is 7.62. The lowest BCUT2D eigenvalue weighted by Crippen LogP contribution is -2.38. The zero-order valence-electron chi connectivity index (χ0n) is 18.0. The van der Waals surface area contributed by atoms with E-state index in [0.29, 0.717) is 24.9 Å². The lowest BCUT2D eigenvalue weighted by Gasteiger charge is -2.32. The molecule has 32 heavy (non-hydrogen) atoms. The Morgan fingerprint density at radius 2 is 1.97 bits per heavy atom. The van der Waals surface area contributed by atoms with Crippen LogP contribution in [-0.4, -0.2) is 36.9 Å². The first kappa shape index (κ1) is 19.5. The van der Waals surface area contributed by atoms with Crippen molar-refractivity contribution < 1.29 is 9.90 Å². The summed E-state index contributed by atoms with van der Waals surface area (Å²) in [7, 11) is 0. The number of carbonyl (C=O) groups is 1. The van der Waals surface area contributed by atoms with Gasteiger partial charge in [0.2, 0.25) is 0 Å². The van der Waals surface area contributed by atoms with E-state index in [0.717, 1.165) is 61.7 Å². The molecule has 1 aliphatic heterocycles. The zero-order valence-corrected chi connectivity index (χ0v) is 18.0. The number of fused-ring (bicyclic) bond motifs is 5. The predicted molar refractivity (Wildman–Crippen MR) is 119 cm³/mol. The summed E-state index contributed by atoms with van der Waals surface area (Å²) in [6.07, 6.45) is 10.6. The van der Waals surface area contributed by atoms with Crippen molar-refractivity contribution >= 4 is 16.9 Å². The summed E-state index contributed by atoms with van der Waals surface area (Å²) in [5.41, 5.74) is 0.861. The van der Waals surface area contributed by atoms with E-state index in [9.17, 15) is 14.7 Å². The number of aromatic hydroxyl groups is 1. The van der Waals surface area contributed by atoms with Gasteiger partial charge in [0.25, 0.3) is 11.3 Å². The van der Waals surface area contributed by atoms with Crippen molar-refractivity contribution in [1.82, 2.24) is 24.6 Å². The number of aromatic nitrogens is 4. The standard InChI is InChI=1S/C24H27N5O3/c30-19-13-28-14-24(8-1-2-9-24)29-10-7-15-3-5-18(26-22(15)29)6-4-16-11-17(16)12-25-23(32)20(27-28)21(19)31/h3,5,7,10,13,16-17,30H,1-2,4,6,8-9,11-12,14H2,(H,25,32). The Labute approximate surface area is 185 Å². The van der Waals surface area contributed by atoms with Crippen LogP contribution in [0.4, 0.5) is 0 Å². The molecule has 166 valence electrons. The number of nitrogens with one attached hydrogen (secondary N) is 1. The van der Waals surface area contributed by atoms with Gasteiger partial charge >= 0.3 is 0 Å². The normalized spacial score (nSPS) is 24.6. The summed E-state index contributed by atoms with van der Waals surface area (Å²) in [6, 6.07) is 6.39. The van der Waals surface area contributed by atoms with Gasteiger partial charge in [-0.2, -0.15) is 5.10 Å². The Morgan fingerprint density at radius 3 is 2.81 bits per heavy atom. The van der Waals surface area contributed by atoms with Gasteiger partial charge in [-0.25, -0.2) is 4.98 Å². The van der Waals surface area contributed by atoms with Gasteiger partial charge in [0.05, 0.1) is 18.3 Å². The Bertz CT molecular complexity index is 1270. The summed E-state index contributed by atoms with van der Waals surface area (Å²) < 4.78 is 3.83. The maximum atomic E-state index is 12.8. The van der Waals surface area contributed by atoms with E-state index in [4.69, 9.17) is 4.98 Å². The maximum absolute atomic E-state index is 12.8. The molecule has 1 amide bonds. The maximum Gasteiger partial charge on any atom is 0.275 e. The average molecular weight is 434 g/mol. The smallest absolute Gasteiger partial charge is 0.275 e. The highest BCUT2D eigenvalue weighted by Crippen LogP contribution is 2.42. The molecule has 2 atom stereocenters. The van der Waals surface area contributed by atoms with Crippen molar-refractivity contribution in [2.24, 2.45) is 11.8 Å². The highest BCUT2D eigenvalue weighted by molar-refractivity contribution is 5.92. The molecule has 8 nitrogen and oxygen atoms in total. The fourth-order valence-corrected chi connectivity index (χ4v) is 5.69. The second kappa shape index (κ2) is 7.18. The fraction of sp³-hybridized carbons (Fsp3) is 0.500. The average Bonchev–Trinajstić information content (AvgIpc) is 3.15. The van der Waals surface area contributed by atoms with Gasteiger partial charge in [0, 0.05) is 23.8 Å². The SMILES string of the molecule is O=C1NCC2CC2CCc2ccc3ccn(c3n2)C2(CCCC2)Cn2cc(O)c(=O)c1n2. The highest BCUT2D eigenvalue weighted by atomic mass is 16.3. The molecule has 3 aromatic rings. The van der Waals surface area contributed by atoms with Crippen LogP contribution in [0, 0.1) is 11.8 Å². The molecule has 4 heterocycles. The molecule has 2 aliphatic carbocycles. The van der Waals surface area contributed by atoms with E-state index >= 15 is 0 Å². The van der Waals surface area contributed by atoms with Crippen LogP contribution in [0.3, 0.4) is 0 Å². The van der Waals surface area contributed by atoms with Crippen LogP contribution < -0.4 is 10.7 Å². The number of carbonyl (C=O) groups excluding carboxylic acids is 1. The highest BCUT2D eigenvalue weighted by Gasteiger charge is 2.39. The summed E-state index contributed by atoms with van der Waals surface area (Å²) in [4.78, 5) is 30.3. The van der Waals surface area contributed by atoms with Gasteiger partial charge in [-0.3, -0.25) is 14.3 Å². The molecule has 0 radical (unpaired) electrons. The van der Waals surface area contributed by atoms with Gasteiger partial charge in [-0.05, 0) is 62.1 Å². The quantitative estimate of drug-likeness (QED) is 0.567. The molecule has 8 heteroatoms. The van der Waals surface area contributed by atoms with Crippen molar-refractivity contribution in [2.45, 2.75) is 57.0 Å². The molecular weight excluding hydrogens is 406 g/mol. The number of rotatable bonds is 0. The van der Waals surface area contributed by atoms with Gasteiger partial charge < -0.3 is 15.0 Å². The Hall–Kier alpha value is -3.16. The number of pyridine rings is 1. The van der Waals surface area contributed by atoms with E-state index < -0.39 is 17.1 Å². The molecule has 0 saturated heterocycles. The Morgan fingerprint density at radius 1 is 1.12 bits per heavy atom. The van der Waals surface area contributed by atoms with Crippen LogP contribution >= 0.6 is 0 Å². The van der Waals surface area contributed by atoms with Crippen LogP contribution in [-0.2, 0) is 18.5 Å². The van der Waals surface area contributed by atoms with E-state index in [1.807, 2.05) is 0 Å². The van der Waals surface area contributed by atoms with Crippen molar-refractivity contribution in [3.05, 3.63) is 52.2 Å². The van der Waals surface area contributed by atoms with Gasteiger partial charge in [0.1, 0.15) is 5.65 Å². The van der Waals surface area contributed by atoms with Gasteiger partial charge in [0.15, 0.2) is 11.4 Å². The van der Waals surface area contributed by atoms with E-state index in [-0.39, 0.29) is 11.2 Å². The second-order valence-electron chi connectivity index (χ2n) is 9.73. The molecule has 2 fully saturated rings. The van der Waals surface area contributed by atoms with Crippen LogP contribution in [0.1, 0.15) is 54.7 Å². The summed E-state index contributed by atoms with van der Waals surface area (Å²) in [5, 5.41) is 18.7. The molecule has 6 rings (SSSR count).